The fraction of sp³-hybridized carbons (Fsp3) is 0.400. The zero-order chi connectivity index (χ0) is 12.1. The molecule has 0 spiro atoms. The Morgan fingerprint density at radius 2 is 1.56 bits per heavy atom. The highest BCUT2D eigenvalue weighted by molar-refractivity contribution is 6.36. The highest BCUT2D eigenvalue weighted by Gasteiger charge is 2.15. The molecule has 0 atom stereocenters. The van der Waals surface area contributed by atoms with Crippen LogP contribution in [0, 0.1) is 0 Å². The van der Waals surface area contributed by atoms with Crippen LogP contribution in [0.4, 0.5) is 17.1 Å². The molecule has 0 radical (unpaired) electrons. The minimum Gasteiger partial charge on any atom is -0.397 e. The Balaban J connectivity index is 3.11. The van der Waals surface area contributed by atoms with Gasteiger partial charge in [0.2, 0.25) is 0 Å². The number of aliphatic hydroxyl groups is 2. The largest absolute Gasteiger partial charge is 0.397 e. The molecule has 0 heterocycles. The standard InChI is InChI=1S/C10H16ClN3O2/c11-9-7(12)1-2-8(13)10(9)14(3-5-15)4-6-16/h1-2,15-16H,3-6,12-13H2. The summed E-state index contributed by atoms with van der Waals surface area (Å²) in [6.45, 7) is 0.580. The molecule has 0 aromatic heterocycles. The van der Waals surface area contributed by atoms with Gasteiger partial charge in [-0.05, 0) is 12.1 Å². The predicted octanol–water partition coefficient (Wildman–Crippen LogP) is 0.295. The number of halogens is 1. The number of hydrogen-bond donors (Lipinski definition) is 4. The van der Waals surface area contributed by atoms with Crippen molar-refractivity contribution in [2.45, 2.75) is 0 Å². The van der Waals surface area contributed by atoms with E-state index in [4.69, 9.17) is 33.3 Å². The third kappa shape index (κ3) is 2.69. The van der Waals surface area contributed by atoms with Crippen LogP contribution in [0.1, 0.15) is 0 Å². The van der Waals surface area contributed by atoms with Gasteiger partial charge in [-0.2, -0.15) is 0 Å². The molecule has 0 saturated heterocycles. The third-order valence-electron chi connectivity index (χ3n) is 2.23. The summed E-state index contributed by atoms with van der Waals surface area (Å²) in [5.74, 6) is 0. The second kappa shape index (κ2) is 5.79. The van der Waals surface area contributed by atoms with E-state index in [-0.39, 0.29) is 13.2 Å². The predicted molar refractivity (Wildman–Crippen MR) is 66.7 cm³/mol. The van der Waals surface area contributed by atoms with E-state index in [0.29, 0.717) is 35.2 Å². The Hall–Kier alpha value is -1.17. The van der Waals surface area contributed by atoms with E-state index in [2.05, 4.69) is 0 Å². The maximum atomic E-state index is 8.94. The molecule has 0 unspecified atom stereocenters. The van der Waals surface area contributed by atoms with Crippen molar-refractivity contribution >= 4 is 28.7 Å². The molecule has 0 fully saturated rings. The zero-order valence-electron chi connectivity index (χ0n) is 8.86. The molecule has 0 bridgehead atoms. The fourth-order valence-electron chi connectivity index (χ4n) is 1.49. The smallest absolute Gasteiger partial charge is 0.0889 e. The minimum atomic E-state index is -0.0510. The van der Waals surface area contributed by atoms with Crippen LogP contribution in [0.5, 0.6) is 0 Å². The Morgan fingerprint density at radius 1 is 1.06 bits per heavy atom. The molecule has 5 nitrogen and oxygen atoms in total. The average Bonchev–Trinajstić information content (AvgIpc) is 2.25. The lowest BCUT2D eigenvalue weighted by atomic mass is 10.2. The number of nitrogens with zero attached hydrogens (tertiary/aromatic N) is 1. The molecule has 1 aromatic carbocycles. The van der Waals surface area contributed by atoms with Crippen LogP contribution < -0.4 is 16.4 Å². The van der Waals surface area contributed by atoms with E-state index >= 15 is 0 Å². The van der Waals surface area contributed by atoms with Gasteiger partial charge in [0.25, 0.3) is 0 Å². The van der Waals surface area contributed by atoms with Crippen LogP contribution in [0.25, 0.3) is 0 Å². The number of nitrogen functional groups attached to an aromatic ring is 2. The normalized spacial score (nSPS) is 10.4. The summed E-state index contributed by atoms with van der Waals surface area (Å²) in [6, 6.07) is 3.27. The molecule has 0 aliphatic carbocycles. The summed E-state index contributed by atoms with van der Waals surface area (Å²) in [5, 5.41) is 18.2. The van der Waals surface area contributed by atoms with Gasteiger partial charge in [0.1, 0.15) is 0 Å². The lowest BCUT2D eigenvalue weighted by Gasteiger charge is -2.26. The zero-order valence-corrected chi connectivity index (χ0v) is 9.61. The van der Waals surface area contributed by atoms with Crippen molar-refractivity contribution in [3.63, 3.8) is 0 Å². The molecule has 0 amide bonds. The highest BCUT2D eigenvalue weighted by Crippen LogP contribution is 2.36. The van der Waals surface area contributed by atoms with E-state index in [0.717, 1.165) is 0 Å². The molecular formula is C10H16ClN3O2. The second-order valence-electron chi connectivity index (χ2n) is 3.34. The van der Waals surface area contributed by atoms with E-state index in [1.807, 2.05) is 0 Å². The second-order valence-corrected chi connectivity index (χ2v) is 3.72. The molecule has 0 aliphatic rings. The van der Waals surface area contributed by atoms with Crippen LogP contribution in [0.2, 0.25) is 5.02 Å². The van der Waals surface area contributed by atoms with Crippen LogP contribution in [0.15, 0.2) is 12.1 Å². The van der Waals surface area contributed by atoms with Crippen LogP contribution >= 0.6 is 11.6 Å². The topological polar surface area (TPSA) is 95.7 Å². The van der Waals surface area contributed by atoms with Gasteiger partial charge in [0.05, 0.1) is 35.3 Å². The minimum absolute atomic E-state index is 0.0510. The van der Waals surface area contributed by atoms with Crippen LogP contribution in [0.3, 0.4) is 0 Å². The Kier molecular flexibility index (Phi) is 4.67. The Labute approximate surface area is 99.2 Å². The van der Waals surface area contributed by atoms with Crippen molar-refractivity contribution in [1.29, 1.82) is 0 Å². The van der Waals surface area contributed by atoms with Crippen LogP contribution in [-0.2, 0) is 0 Å². The lowest BCUT2D eigenvalue weighted by molar-refractivity contribution is 0.281. The summed E-state index contributed by atoms with van der Waals surface area (Å²) in [6.07, 6.45) is 0. The van der Waals surface area contributed by atoms with Crippen molar-refractivity contribution < 1.29 is 10.2 Å². The summed E-state index contributed by atoms with van der Waals surface area (Å²) in [7, 11) is 0. The highest BCUT2D eigenvalue weighted by atomic mass is 35.5. The quantitative estimate of drug-likeness (QED) is 0.560. The maximum Gasteiger partial charge on any atom is 0.0889 e. The van der Waals surface area contributed by atoms with E-state index in [1.165, 1.54) is 0 Å². The lowest BCUT2D eigenvalue weighted by Crippen LogP contribution is -2.30. The first kappa shape index (κ1) is 12.9. The number of hydrogen-bond acceptors (Lipinski definition) is 5. The van der Waals surface area contributed by atoms with Gasteiger partial charge in [-0.15, -0.1) is 0 Å². The molecule has 90 valence electrons. The molecule has 1 rings (SSSR count). The molecule has 1 aromatic rings. The number of nitrogens with two attached hydrogens (primary N) is 2. The molecular weight excluding hydrogens is 230 g/mol. The van der Waals surface area contributed by atoms with Crippen LogP contribution in [-0.4, -0.2) is 36.5 Å². The van der Waals surface area contributed by atoms with E-state index < -0.39 is 0 Å². The summed E-state index contributed by atoms with van der Waals surface area (Å²) >= 11 is 6.05. The summed E-state index contributed by atoms with van der Waals surface area (Å²) in [5.41, 5.74) is 12.9. The Bertz CT molecular complexity index is 354. The van der Waals surface area contributed by atoms with Crippen molar-refractivity contribution in [3.05, 3.63) is 17.2 Å². The number of benzene rings is 1. The number of rotatable bonds is 5. The van der Waals surface area contributed by atoms with Gasteiger partial charge in [-0.1, -0.05) is 11.6 Å². The van der Waals surface area contributed by atoms with Gasteiger partial charge < -0.3 is 26.6 Å². The maximum absolute atomic E-state index is 8.94. The molecule has 0 aliphatic heterocycles. The van der Waals surface area contributed by atoms with E-state index in [1.54, 1.807) is 17.0 Å². The first-order valence-electron chi connectivity index (χ1n) is 4.92. The fourth-order valence-corrected chi connectivity index (χ4v) is 1.78. The van der Waals surface area contributed by atoms with E-state index in [9.17, 15) is 0 Å². The van der Waals surface area contributed by atoms with Gasteiger partial charge in [-0.25, -0.2) is 0 Å². The van der Waals surface area contributed by atoms with Gasteiger partial charge in [0, 0.05) is 13.1 Å². The SMILES string of the molecule is Nc1ccc(N)c(N(CCO)CCO)c1Cl. The first-order chi connectivity index (χ1) is 7.61. The molecule has 6 N–H and O–H groups in total. The average molecular weight is 246 g/mol. The monoisotopic (exact) mass is 245 g/mol. The van der Waals surface area contributed by atoms with Crippen molar-refractivity contribution in [2.75, 3.05) is 42.7 Å². The van der Waals surface area contributed by atoms with Gasteiger partial charge >= 0.3 is 0 Å². The molecule has 6 heteroatoms. The van der Waals surface area contributed by atoms with Gasteiger partial charge in [-0.3, -0.25) is 0 Å². The third-order valence-corrected chi connectivity index (χ3v) is 2.63. The molecule has 16 heavy (non-hydrogen) atoms. The van der Waals surface area contributed by atoms with Crippen molar-refractivity contribution in [2.24, 2.45) is 0 Å². The Morgan fingerprint density at radius 3 is 2.06 bits per heavy atom. The summed E-state index contributed by atoms with van der Waals surface area (Å²) < 4.78 is 0. The number of anilines is 3. The molecule has 0 saturated carbocycles. The summed E-state index contributed by atoms with van der Waals surface area (Å²) in [4.78, 5) is 1.70. The van der Waals surface area contributed by atoms with Crippen molar-refractivity contribution in [3.8, 4) is 0 Å². The van der Waals surface area contributed by atoms with Crippen molar-refractivity contribution in [1.82, 2.24) is 0 Å². The number of aliphatic hydroxyl groups excluding tert-OH is 2. The van der Waals surface area contributed by atoms with Gasteiger partial charge in [0.15, 0.2) is 0 Å². The first-order valence-corrected chi connectivity index (χ1v) is 5.29.